The molecule has 0 aromatic heterocycles. The molecule has 1 amide bonds. The molecule has 1 aliphatic carbocycles. The van der Waals surface area contributed by atoms with E-state index in [0.29, 0.717) is 0 Å². The van der Waals surface area contributed by atoms with Gasteiger partial charge in [0.1, 0.15) is 0 Å². The monoisotopic (exact) mass is 266 g/mol. The van der Waals surface area contributed by atoms with Gasteiger partial charge in [0.25, 0.3) is 0 Å². The molecule has 6 nitrogen and oxygen atoms in total. The van der Waals surface area contributed by atoms with Crippen LogP contribution in [0.1, 0.15) is 52.9 Å². The minimum atomic E-state index is -0.489. The molecule has 19 heavy (non-hydrogen) atoms. The fourth-order valence-electron chi connectivity index (χ4n) is 2.53. The zero-order valence-electron chi connectivity index (χ0n) is 11.9. The molecule has 0 saturated heterocycles. The topological polar surface area (TPSA) is 78.3 Å². The standard InChI is InChI=1S/C13H22N4O2/c1-10(15-16-14)19-12(18)17(13(2,3)4)11-8-6-5-7-9-11/h11H,1,5-9H2,2-4H3. The second-order valence-electron chi connectivity index (χ2n) is 5.78. The van der Waals surface area contributed by atoms with Gasteiger partial charge in [0.2, 0.25) is 0 Å². The van der Waals surface area contributed by atoms with Crippen LogP contribution in [0, 0.1) is 0 Å². The van der Waals surface area contributed by atoms with Gasteiger partial charge in [-0.25, -0.2) is 4.79 Å². The average molecular weight is 266 g/mol. The third-order valence-corrected chi connectivity index (χ3v) is 3.22. The third kappa shape index (κ3) is 4.48. The Bertz CT molecular complexity index is 388. The summed E-state index contributed by atoms with van der Waals surface area (Å²) in [6.45, 7) is 9.32. The minimum Gasteiger partial charge on any atom is -0.408 e. The van der Waals surface area contributed by atoms with Gasteiger partial charge in [0, 0.05) is 16.5 Å². The molecule has 0 aromatic carbocycles. The number of carbonyl (C=O) groups excluding carboxylic acids is 1. The molecule has 1 rings (SSSR count). The molecule has 0 atom stereocenters. The smallest absolute Gasteiger partial charge is 0.408 e. The Morgan fingerprint density at radius 2 is 1.95 bits per heavy atom. The van der Waals surface area contributed by atoms with Crippen molar-refractivity contribution in [2.75, 3.05) is 0 Å². The van der Waals surface area contributed by atoms with Gasteiger partial charge in [0.15, 0.2) is 5.88 Å². The summed E-state index contributed by atoms with van der Waals surface area (Å²) in [7, 11) is 0. The predicted octanol–water partition coefficient (Wildman–Crippen LogP) is 4.34. The lowest BCUT2D eigenvalue weighted by molar-refractivity contribution is 0.0478. The molecule has 1 fully saturated rings. The Morgan fingerprint density at radius 3 is 2.42 bits per heavy atom. The van der Waals surface area contributed by atoms with Gasteiger partial charge in [-0.1, -0.05) is 25.8 Å². The molecule has 0 radical (unpaired) electrons. The Kier molecular flexibility index (Phi) is 5.24. The summed E-state index contributed by atoms with van der Waals surface area (Å²) < 4.78 is 5.00. The highest BCUT2D eigenvalue weighted by Crippen LogP contribution is 2.29. The van der Waals surface area contributed by atoms with Crippen LogP contribution in [0.3, 0.4) is 0 Å². The van der Waals surface area contributed by atoms with E-state index in [1.807, 2.05) is 20.8 Å². The Labute approximate surface area is 114 Å². The van der Waals surface area contributed by atoms with Crippen molar-refractivity contribution in [3.63, 3.8) is 0 Å². The lowest BCUT2D eigenvalue weighted by Gasteiger charge is -2.42. The van der Waals surface area contributed by atoms with Crippen LogP contribution < -0.4 is 0 Å². The van der Waals surface area contributed by atoms with Crippen molar-refractivity contribution in [2.45, 2.75) is 64.5 Å². The molecule has 0 aromatic rings. The molecule has 0 spiro atoms. The van der Waals surface area contributed by atoms with Crippen LogP contribution in [0.15, 0.2) is 17.6 Å². The molecule has 0 heterocycles. The number of hydrogen-bond donors (Lipinski definition) is 0. The van der Waals surface area contributed by atoms with Gasteiger partial charge in [-0.05, 0) is 44.3 Å². The van der Waals surface area contributed by atoms with Crippen LogP contribution in [0.5, 0.6) is 0 Å². The summed E-state index contributed by atoms with van der Waals surface area (Å²) in [6, 6.07) is 0.181. The largest absolute Gasteiger partial charge is 0.415 e. The van der Waals surface area contributed by atoms with Crippen molar-refractivity contribution in [1.82, 2.24) is 4.90 Å². The molecular weight excluding hydrogens is 244 g/mol. The van der Waals surface area contributed by atoms with E-state index in [1.165, 1.54) is 6.42 Å². The van der Waals surface area contributed by atoms with E-state index >= 15 is 0 Å². The molecule has 0 unspecified atom stereocenters. The zero-order valence-corrected chi connectivity index (χ0v) is 11.9. The second-order valence-corrected chi connectivity index (χ2v) is 5.78. The van der Waals surface area contributed by atoms with Gasteiger partial charge in [-0.15, -0.1) is 0 Å². The van der Waals surface area contributed by atoms with E-state index in [1.54, 1.807) is 4.90 Å². The van der Waals surface area contributed by atoms with Gasteiger partial charge in [-0.3, -0.25) is 0 Å². The normalized spacial score (nSPS) is 16.4. The summed E-state index contributed by atoms with van der Waals surface area (Å²) >= 11 is 0. The van der Waals surface area contributed by atoms with Gasteiger partial charge in [-0.2, -0.15) is 0 Å². The number of ether oxygens (including phenoxy) is 1. The number of carbonyl (C=O) groups is 1. The summed E-state index contributed by atoms with van der Waals surface area (Å²) in [5.74, 6) is -0.211. The van der Waals surface area contributed by atoms with Gasteiger partial charge in [0.05, 0.1) is 0 Å². The molecule has 106 valence electrons. The maximum absolute atomic E-state index is 12.2. The van der Waals surface area contributed by atoms with Crippen LogP contribution in [0.25, 0.3) is 10.4 Å². The van der Waals surface area contributed by atoms with Crippen LogP contribution in [-0.2, 0) is 4.74 Å². The highest BCUT2D eigenvalue weighted by molar-refractivity contribution is 5.70. The summed E-state index contributed by atoms with van der Waals surface area (Å²) in [6.07, 6.45) is 4.95. The molecule has 0 bridgehead atoms. The van der Waals surface area contributed by atoms with E-state index in [9.17, 15) is 4.79 Å². The maximum Gasteiger partial charge on any atom is 0.415 e. The van der Waals surface area contributed by atoms with Crippen molar-refractivity contribution in [3.8, 4) is 0 Å². The Hall–Kier alpha value is -1.68. The predicted molar refractivity (Wildman–Crippen MR) is 73.2 cm³/mol. The first-order valence-electron chi connectivity index (χ1n) is 6.61. The number of nitrogens with zero attached hydrogens (tertiary/aromatic N) is 4. The van der Waals surface area contributed by atoms with Crippen molar-refractivity contribution in [3.05, 3.63) is 22.9 Å². The van der Waals surface area contributed by atoms with E-state index in [0.717, 1.165) is 25.7 Å². The summed E-state index contributed by atoms with van der Waals surface area (Å²) in [4.78, 5) is 16.5. The zero-order chi connectivity index (χ0) is 14.5. The highest BCUT2D eigenvalue weighted by atomic mass is 16.6. The van der Waals surface area contributed by atoms with Crippen molar-refractivity contribution >= 4 is 6.09 Å². The van der Waals surface area contributed by atoms with Gasteiger partial charge >= 0.3 is 6.09 Å². The molecular formula is C13H22N4O2. The lowest BCUT2D eigenvalue weighted by Crippen LogP contribution is -2.52. The number of azide groups is 1. The van der Waals surface area contributed by atoms with E-state index in [2.05, 4.69) is 16.6 Å². The number of amides is 1. The lowest BCUT2D eigenvalue weighted by atomic mass is 9.91. The van der Waals surface area contributed by atoms with Crippen LogP contribution in [0.4, 0.5) is 4.79 Å². The Morgan fingerprint density at radius 1 is 1.37 bits per heavy atom. The molecule has 6 heteroatoms. The SMILES string of the molecule is C=C(N=[N+]=[N-])OC(=O)N(C1CCCCC1)C(C)(C)C. The fourth-order valence-corrected chi connectivity index (χ4v) is 2.53. The van der Waals surface area contributed by atoms with Crippen molar-refractivity contribution < 1.29 is 9.53 Å². The summed E-state index contributed by atoms with van der Waals surface area (Å²) in [5.41, 5.74) is 7.95. The van der Waals surface area contributed by atoms with Gasteiger partial charge < -0.3 is 9.64 Å². The van der Waals surface area contributed by atoms with E-state index in [4.69, 9.17) is 10.3 Å². The molecule has 0 N–H and O–H groups in total. The average Bonchev–Trinajstić information content (AvgIpc) is 2.28. The fraction of sp³-hybridized carbons (Fsp3) is 0.769. The number of rotatable bonds is 3. The first kappa shape index (κ1) is 15.4. The molecule has 1 saturated carbocycles. The maximum atomic E-state index is 12.2. The third-order valence-electron chi connectivity index (χ3n) is 3.22. The van der Waals surface area contributed by atoms with Crippen LogP contribution in [0.2, 0.25) is 0 Å². The first-order chi connectivity index (χ1) is 8.86. The summed E-state index contributed by atoms with van der Waals surface area (Å²) in [5, 5.41) is 3.19. The first-order valence-corrected chi connectivity index (χ1v) is 6.61. The molecule has 1 aliphatic rings. The van der Waals surface area contributed by atoms with Crippen molar-refractivity contribution in [1.29, 1.82) is 0 Å². The quantitative estimate of drug-likeness (QED) is 0.329. The van der Waals surface area contributed by atoms with Crippen LogP contribution in [-0.4, -0.2) is 22.6 Å². The second kappa shape index (κ2) is 6.48. The van der Waals surface area contributed by atoms with Crippen LogP contribution >= 0.6 is 0 Å². The minimum absolute atomic E-state index is 0.181. The Balaban J connectivity index is 2.81. The molecule has 0 aliphatic heterocycles. The number of hydrogen-bond acceptors (Lipinski definition) is 3. The highest BCUT2D eigenvalue weighted by Gasteiger charge is 2.35. The van der Waals surface area contributed by atoms with Crippen molar-refractivity contribution in [2.24, 2.45) is 5.11 Å². The van der Waals surface area contributed by atoms with E-state index in [-0.39, 0.29) is 17.5 Å². The van der Waals surface area contributed by atoms with E-state index < -0.39 is 6.09 Å².